The van der Waals surface area contributed by atoms with Gasteiger partial charge in [0.25, 0.3) is 0 Å². The van der Waals surface area contributed by atoms with Gasteiger partial charge in [0.1, 0.15) is 0 Å². The fraction of sp³-hybridized carbons (Fsp3) is 0.571. The molecule has 0 amide bonds. The molecule has 0 saturated heterocycles. The zero-order chi connectivity index (χ0) is 13.4. The van der Waals surface area contributed by atoms with E-state index < -0.39 is 0 Å². The van der Waals surface area contributed by atoms with Crippen molar-refractivity contribution in [1.82, 2.24) is 4.98 Å². The largest absolute Gasteiger partial charge is 0.334 e. The molecule has 1 N–H and O–H groups in total. The molecule has 3 rings (SSSR count). The van der Waals surface area contributed by atoms with E-state index >= 15 is 0 Å². The maximum Gasteiger partial charge on any atom is 0.334 e. The normalized spacial score (nSPS) is 16.2. The molecule has 1 fully saturated rings. The zero-order valence-electron chi connectivity index (χ0n) is 11.7. The monoisotopic (exact) mass is 294 g/mol. The molecule has 0 bridgehead atoms. The van der Waals surface area contributed by atoms with E-state index in [2.05, 4.69) is 41.1 Å². The quantitative estimate of drug-likeness (QED) is 0.875. The Labute approximate surface area is 122 Å². The SMILES string of the molecule is Cc1nc(C)c(-c2csc(NC3CCCC3)[n+]2C)s1. The molecule has 3 nitrogen and oxygen atoms in total. The third-order valence-corrected chi connectivity index (χ3v) is 5.82. The molecule has 1 aliphatic rings. The number of aromatic nitrogens is 2. The number of hydrogen-bond donors (Lipinski definition) is 1. The lowest BCUT2D eigenvalue weighted by molar-refractivity contribution is -0.641. The topological polar surface area (TPSA) is 28.8 Å². The summed E-state index contributed by atoms with van der Waals surface area (Å²) in [5.41, 5.74) is 2.43. The molecule has 0 aromatic carbocycles. The van der Waals surface area contributed by atoms with Gasteiger partial charge in [0.05, 0.1) is 28.7 Å². The maximum atomic E-state index is 4.53. The zero-order valence-corrected chi connectivity index (χ0v) is 13.3. The number of rotatable bonds is 3. The summed E-state index contributed by atoms with van der Waals surface area (Å²) in [6, 6.07) is 0.669. The van der Waals surface area contributed by atoms with Gasteiger partial charge < -0.3 is 0 Å². The van der Waals surface area contributed by atoms with Crippen LogP contribution in [0.4, 0.5) is 5.13 Å². The first-order valence-corrected chi connectivity index (χ1v) is 8.53. The summed E-state index contributed by atoms with van der Waals surface area (Å²) in [7, 11) is 2.15. The van der Waals surface area contributed by atoms with Gasteiger partial charge in [-0.05, 0) is 39.5 Å². The van der Waals surface area contributed by atoms with Crippen LogP contribution in [0.1, 0.15) is 36.4 Å². The lowest BCUT2D eigenvalue weighted by Gasteiger charge is -2.05. The third kappa shape index (κ3) is 2.54. The van der Waals surface area contributed by atoms with Crippen molar-refractivity contribution in [3.05, 3.63) is 16.1 Å². The summed E-state index contributed by atoms with van der Waals surface area (Å²) in [4.78, 5) is 5.83. The Hall–Kier alpha value is -0.940. The first-order chi connectivity index (χ1) is 9.15. The van der Waals surface area contributed by atoms with Crippen LogP contribution in [0.5, 0.6) is 0 Å². The number of aryl methyl sites for hydroxylation is 2. The number of thiazole rings is 2. The van der Waals surface area contributed by atoms with Gasteiger partial charge in [0.2, 0.25) is 0 Å². The van der Waals surface area contributed by atoms with E-state index in [0.29, 0.717) is 6.04 Å². The second-order valence-corrected chi connectivity index (χ2v) is 7.32. The Kier molecular flexibility index (Phi) is 3.58. The second kappa shape index (κ2) is 5.21. The second-order valence-electron chi connectivity index (χ2n) is 5.26. The summed E-state index contributed by atoms with van der Waals surface area (Å²) >= 11 is 3.59. The van der Waals surface area contributed by atoms with Crippen molar-refractivity contribution < 1.29 is 4.57 Å². The van der Waals surface area contributed by atoms with Crippen molar-refractivity contribution >= 4 is 27.8 Å². The van der Waals surface area contributed by atoms with Crippen molar-refractivity contribution in [2.24, 2.45) is 7.05 Å². The van der Waals surface area contributed by atoms with Crippen LogP contribution in [0.25, 0.3) is 10.6 Å². The van der Waals surface area contributed by atoms with Crippen LogP contribution in [0.15, 0.2) is 5.38 Å². The van der Waals surface area contributed by atoms with Crippen molar-refractivity contribution in [2.45, 2.75) is 45.6 Å². The highest BCUT2D eigenvalue weighted by Gasteiger charge is 2.24. The van der Waals surface area contributed by atoms with E-state index in [0.717, 1.165) is 10.7 Å². The number of anilines is 1. The summed E-state index contributed by atoms with van der Waals surface area (Å²) in [5.74, 6) is 0. The third-order valence-electron chi connectivity index (χ3n) is 3.77. The van der Waals surface area contributed by atoms with Gasteiger partial charge in [0, 0.05) is 5.38 Å². The van der Waals surface area contributed by atoms with Gasteiger partial charge in [-0.3, -0.25) is 5.32 Å². The molecule has 19 heavy (non-hydrogen) atoms. The molecule has 102 valence electrons. The molecule has 2 heterocycles. The molecule has 0 atom stereocenters. The van der Waals surface area contributed by atoms with Gasteiger partial charge in [0.15, 0.2) is 5.69 Å². The lowest BCUT2D eigenvalue weighted by Crippen LogP contribution is -2.34. The van der Waals surface area contributed by atoms with Crippen LogP contribution in [0.2, 0.25) is 0 Å². The molecule has 5 heteroatoms. The van der Waals surface area contributed by atoms with E-state index in [-0.39, 0.29) is 0 Å². The van der Waals surface area contributed by atoms with Crippen molar-refractivity contribution in [1.29, 1.82) is 0 Å². The molecule has 0 aliphatic heterocycles. The van der Waals surface area contributed by atoms with Crippen molar-refractivity contribution in [2.75, 3.05) is 5.32 Å². The molecule has 0 radical (unpaired) electrons. The summed E-state index contributed by atoms with van der Waals surface area (Å²) < 4.78 is 2.28. The van der Waals surface area contributed by atoms with Crippen molar-refractivity contribution in [3.8, 4) is 10.6 Å². The minimum Gasteiger partial charge on any atom is -0.262 e. The van der Waals surface area contributed by atoms with Gasteiger partial charge >= 0.3 is 5.13 Å². The molecule has 1 aliphatic carbocycles. The maximum absolute atomic E-state index is 4.53. The van der Waals surface area contributed by atoms with Crippen LogP contribution in [0.3, 0.4) is 0 Å². The van der Waals surface area contributed by atoms with Crippen LogP contribution < -0.4 is 9.88 Å². The summed E-state index contributed by atoms with van der Waals surface area (Å²) in [6.07, 6.45) is 5.36. The Balaban J connectivity index is 1.87. The van der Waals surface area contributed by atoms with Gasteiger partial charge in [-0.2, -0.15) is 0 Å². The van der Waals surface area contributed by atoms with E-state index in [9.17, 15) is 0 Å². The van der Waals surface area contributed by atoms with Crippen LogP contribution in [0, 0.1) is 13.8 Å². The Bertz CT molecular complexity index is 580. The van der Waals surface area contributed by atoms with E-state index in [4.69, 9.17) is 0 Å². The highest BCUT2D eigenvalue weighted by molar-refractivity contribution is 7.16. The van der Waals surface area contributed by atoms with Crippen LogP contribution in [-0.2, 0) is 7.05 Å². The van der Waals surface area contributed by atoms with Gasteiger partial charge in [-0.15, -0.1) is 11.3 Å². The Morgan fingerprint density at radius 1 is 1.32 bits per heavy atom. The highest BCUT2D eigenvalue weighted by Crippen LogP contribution is 2.31. The fourth-order valence-corrected chi connectivity index (χ4v) is 4.77. The molecule has 2 aromatic rings. The van der Waals surface area contributed by atoms with Gasteiger partial charge in [-0.25, -0.2) is 9.55 Å². The summed E-state index contributed by atoms with van der Waals surface area (Å²) in [5, 5.41) is 8.35. The van der Waals surface area contributed by atoms with Gasteiger partial charge in [-0.1, -0.05) is 11.3 Å². The molecule has 0 unspecified atom stereocenters. The molecular weight excluding hydrogens is 274 g/mol. The fourth-order valence-electron chi connectivity index (χ4n) is 2.73. The molecule has 2 aromatic heterocycles. The Morgan fingerprint density at radius 2 is 2.05 bits per heavy atom. The van der Waals surface area contributed by atoms with Crippen molar-refractivity contribution in [3.63, 3.8) is 0 Å². The first kappa shape index (κ1) is 13.1. The predicted octanol–water partition coefficient (Wildman–Crippen LogP) is 3.67. The Morgan fingerprint density at radius 3 is 2.68 bits per heavy atom. The van der Waals surface area contributed by atoms with Crippen LogP contribution >= 0.6 is 22.7 Å². The molecular formula is C14H20N3S2+. The highest BCUT2D eigenvalue weighted by atomic mass is 32.1. The number of nitrogens with zero attached hydrogens (tertiary/aromatic N) is 2. The standard InChI is InChI=1S/C14H19N3S2/c1-9-13(19-10(2)15-9)12-8-18-14(17(12)3)16-11-6-4-5-7-11/h8,11H,4-7H2,1-3H3/p+1. The smallest absolute Gasteiger partial charge is 0.262 e. The molecule has 0 spiro atoms. The molecule has 1 saturated carbocycles. The summed E-state index contributed by atoms with van der Waals surface area (Å²) in [6.45, 7) is 4.17. The van der Waals surface area contributed by atoms with Crippen LogP contribution in [-0.4, -0.2) is 11.0 Å². The number of nitrogens with one attached hydrogen (secondary N) is 1. The average Bonchev–Trinajstić information content (AvgIpc) is 3.05. The first-order valence-electron chi connectivity index (χ1n) is 6.83. The minimum absolute atomic E-state index is 0.669. The van der Waals surface area contributed by atoms with E-state index in [1.54, 1.807) is 22.7 Å². The number of hydrogen-bond acceptors (Lipinski definition) is 4. The average molecular weight is 294 g/mol. The van der Waals surface area contributed by atoms with E-state index in [1.165, 1.54) is 41.4 Å². The van der Waals surface area contributed by atoms with E-state index in [1.807, 2.05) is 0 Å². The minimum atomic E-state index is 0.669. The lowest BCUT2D eigenvalue weighted by atomic mass is 10.3. The predicted molar refractivity (Wildman–Crippen MR) is 82.0 cm³/mol.